The van der Waals surface area contributed by atoms with Crippen LogP contribution in [0.5, 0.6) is 0 Å². The molecule has 4 aromatic rings. The van der Waals surface area contributed by atoms with Gasteiger partial charge in [0.25, 0.3) is 0 Å². The van der Waals surface area contributed by atoms with Crippen LogP contribution in [0.15, 0.2) is 42.9 Å². The monoisotopic (exact) mass is 505 g/mol. The molecule has 0 saturated heterocycles. The topological polar surface area (TPSA) is 130 Å². The molecular formula is C25H28FN9O2. The summed E-state index contributed by atoms with van der Waals surface area (Å²) in [6.07, 6.45) is 5.22. The van der Waals surface area contributed by atoms with Gasteiger partial charge >= 0.3 is 6.09 Å². The van der Waals surface area contributed by atoms with Gasteiger partial charge in [-0.2, -0.15) is 5.10 Å². The van der Waals surface area contributed by atoms with Crippen molar-refractivity contribution in [3.05, 3.63) is 60.1 Å². The lowest BCUT2D eigenvalue weighted by Crippen LogP contribution is -2.39. The van der Waals surface area contributed by atoms with Crippen LogP contribution in [-0.4, -0.2) is 64.4 Å². The molecule has 1 amide bonds. The number of hydrogen-bond donors (Lipinski definition) is 1. The summed E-state index contributed by atoms with van der Waals surface area (Å²) < 4.78 is 22.9. The van der Waals surface area contributed by atoms with Gasteiger partial charge in [-0.3, -0.25) is 0 Å². The molecule has 37 heavy (non-hydrogen) atoms. The van der Waals surface area contributed by atoms with Gasteiger partial charge < -0.3 is 15.4 Å². The molecule has 0 radical (unpaired) electrons. The second kappa shape index (κ2) is 9.26. The third-order valence-electron chi connectivity index (χ3n) is 6.09. The Balaban J connectivity index is 1.47. The second-order valence-electron chi connectivity index (χ2n) is 9.87. The van der Waals surface area contributed by atoms with E-state index in [1.54, 1.807) is 34.0 Å². The minimum Gasteiger partial charge on any atom is -0.444 e. The Morgan fingerprint density at radius 1 is 1.22 bits per heavy atom. The molecule has 0 saturated carbocycles. The normalized spacial score (nSPS) is 15.1. The number of nitrogen functional groups attached to an aromatic ring is 1. The van der Waals surface area contributed by atoms with Crippen molar-refractivity contribution in [2.45, 2.75) is 45.8 Å². The van der Waals surface area contributed by atoms with E-state index in [0.29, 0.717) is 53.4 Å². The lowest BCUT2D eigenvalue weighted by molar-refractivity contribution is 0.0270. The molecule has 0 fully saturated rings. The summed E-state index contributed by atoms with van der Waals surface area (Å²) in [5.41, 5.74) is 8.72. The van der Waals surface area contributed by atoms with Crippen LogP contribution in [0.1, 0.15) is 51.5 Å². The van der Waals surface area contributed by atoms with Crippen LogP contribution in [0.3, 0.4) is 0 Å². The third kappa shape index (κ3) is 4.74. The molecular weight excluding hydrogens is 477 g/mol. The van der Waals surface area contributed by atoms with Crippen molar-refractivity contribution >= 4 is 28.5 Å². The maximum absolute atomic E-state index is 14.3. The second-order valence-corrected chi connectivity index (χ2v) is 9.87. The highest BCUT2D eigenvalue weighted by atomic mass is 19.1. The largest absolute Gasteiger partial charge is 0.444 e. The van der Waals surface area contributed by atoms with Gasteiger partial charge in [-0.1, -0.05) is 23.4 Å². The van der Waals surface area contributed by atoms with E-state index in [9.17, 15) is 9.18 Å². The fourth-order valence-corrected chi connectivity index (χ4v) is 4.22. The third-order valence-corrected chi connectivity index (χ3v) is 6.09. The highest BCUT2D eigenvalue weighted by Crippen LogP contribution is 2.33. The van der Waals surface area contributed by atoms with Crippen molar-refractivity contribution in [1.82, 2.24) is 39.6 Å². The van der Waals surface area contributed by atoms with Crippen molar-refractivity contribution in [3.8, 4) is 5.69 Å². The molecule has 1 atom stereocenters. The van der Waals surface area contributed by atoms with E-state index in [-0.39, 0.29) is 12.1 Å². The van der Waals surface area contributed by atoms with Crippen molar-refractivity contribution in [2.24, 2.45) is 0 Å². The minimum atomic E-state index is -0.563. The Bertz CT molecular complexity index is 1500. The first kappa shape index (κ1) is 24.3. The first-order valence-electron chi connectivity index (χ1n) is 12.0. The number of rotatable bonds is 4. The average molecular weight is 506 g/mol. The highest BCUT2D eigenvalue weighted by molar-refractivity contribution is 5.96. The number of ether oxygens (including phenoxy) is 1. The molecule has 192 valence electrons. The Kier molecular flexibility index (Phi) is 6.10. The number of carbonyl (C=O) groups excluding carboxylic acids is 1. The number of halogens is 1. The van der Waals surface area contributed by atoms with Crippen molar-refractivity contribution in [2.75, 3.05) is 18.8 Å². The Morgan fingerprint density at radius 3 is 2.70 bits per heavy atom. The van der Waals surface area contributed by atoms with E-state index in [0.717, 1.165) is 5.57 Å². The molecule has 0 bridgehead atoms. The summed E-state index contributed by atoms with van der Waals surface area (Å²) in [5, 5.41) is 13.9. The molecule has 4 heterocycles. The number of hydrogen-bond acceptors (Lipinski definition) is 8. The molecule has 11 nitrogen and oxygen atoms in total. The molecule has 0 aliphatic carbocycles. The predicted octanol–water partition coefficient (Wildman–Crippen LogP) is 3.76. The molecule has 1 unspecified atom stereocenters. The minimum absolute atomic E-state index is 0.299. The van der Waals surface area contributed by atoms with Crippen LogP contribution in [0.25, 0.3) is 22.3 Å². The van der Waals surface area contributed by atoms with Crippen LogP contribution in [0.4, 0.5) is 15.0 Å². The fraction of sp³-hybridized carbons (Fsp3) is 0.360. The maximum Gasteiger partial charge on any atom is 0.410 e. The first-order chi connectivity index (χ1) is 17.6. The van der Waals surface area contributed by atoms with Gasteiger partial charge in [0.2, 0.25) is 0 Å². The summed E-state index contributed by atoms with van der Waals surface area (Å²) in [5.74, 6) is -0.0902. The van der Waals surface area contributed by atoms with Crippen LogP contribution in [0.2, 0.25) is 0 Å². The summed E-state index contributed by atoms with van der Waals surface area (Å²) in [4.78, 5) is 22.7. The van der Waals surface area contributed by atoms with Gasteiger partial charge in [0.05, 0.1) is 17.6 Å². The quantitative estimate of drug-likeness (QED) is 0.444. The van der Waals surface area contributed by atoms with Gasteiger partial charge in [-0.05, 0) is 51.8 Å². The molecule has 2 N–H and O–H groups in total. The predicted molar refractivity (Wildman–Crippen MR) is 135 cm³/mol. The van der Waals surface area contributed by atoms with Crippen LogP contribution in [0, 0.1) is 5.82 Å². The lowest BCUT2D eigenvalue weighted by Gasteiger charge is -2.29. The summed E-state index contributed by atoms with van der Waals surface area (Å²) >= 11 is 0. The molecule has 1 aliphatic rings. The summed E-state index contributed by atoms with van der Waals surface area (Å²) in [7, 11) is 0. The molecule has 0 spiro atoms. The lowest BCUT2D eigenvalue weighted by atomic mass is 10.0. The maximum atomic E-state index is 14.3. The van der Waals surface area contributed by atoms with Gasteiger partial charge in [0, 0.05) is 13.1 Å². The van der Waals surface area contributed by atoms with E-state index in [2.05, 4.69) is 20.3 Å². The van der Waals surface area contributed by atoms with Crippen LogP contribution >= 0.6 is 0 Å². The van der Waals surface area contributed by atoms with E-state index >= 15 is 0 Å². The smallest absolute Gasteiger partial charge is 0.410 e. The number of anilines is 1. The molecule has 5 rings (SSSR count). The van der Waals surface area contributed by atoms with Gasteiger partial charge in [0.15, 0.2) is 5.65 Å². The summed E-state index contributed by atoms with van der Waals surface area (Å²) in [6.45, 7) is 8.30. The van der Waals surface area contributed by atoms with E-state index in [1.165, 1.54) is 17.1 Å². The number of fused-ring (bicyclic) bond motifs is 1. The zero-order valence-corrected chi connectivity index (χ0v) is 21.1. The first-order valence-corrected chi connectivity index (χ1v) is 12.0. The van der Waals surface area contributed by atoms with Crippen molar-refractivity contribution < 1.29 is 13.9 Å². The van der Waals surface area contributed by atoms with Gasteiger partial charge in [-0.15, -0.1) is 5.10 Å². The zero-order valence-electron chi connectivity index (χ0n) is 21.1. The number of benzene rings is 1. The van der Waals surface area contributed by atoms with Crippen molar-refractivity contribution in [3.63, 3.8) is 0 Å². The molecule has 3 aromatic heterocycles. The van der Waals surface area contributed by atoms with Crippen LogP contribution in [-0.2, 0) is 4.74 Å². The SMILES string of the molecule is CC(c1cn(-c2ccccc2F)nn1)n1nc(C2=CCN(C(=O)OC(C)(C)C)CC2)c2c(N)ncnc21. The molecule has 1 aromatic carbocycles. The van der Waals surface area contributed by atoms with E-state index < -0.39 is 11.4 Å². The molecule has 1 aliphatic heterocycles. The van der Waals surface area contributed by atoms with Crippen molar-refractivity contribution in [1.29, 1.82) is 0 Å². The summed E-state index contributed by atoms with van der Waals surface area (Å²) in [6, 6.07) is 5.97. The standard InChI is InChI=1S/C25H28FN9O2/c1-15(18-13-34(32-30-18)19-8-6-5-7-17(19)26)35-23-20(22(27)28-14-29-23)21(31-35)16-9-11-33(12-10-16)24(36)37-25(2,3)4/h5-9,13-15H,10-12H2,1-4H3,(H2,27,28,29). The number of para-hydroxylation sites is 1. The number of amides is 1. The zero-order chi connectivity index (χ0) is 26.3. The Morgan fingerprint density at radius 2 is 2.00 bits per heavy atom. The Labute approximate surface area is 212 Å². The molecule has 12 heteroatoms. The fourth-order valence-electron chi connectivity index (χ4n) is 4.22. The van der Waals surface area contributed by atoms with E-state index in [4.69, 9.17) is 15.6 Å². The van der Waals surface area contributed by atoms with Gasteiger partial charge in [0.1, 0.15) is 40.6 Å². The Hall–Kier alpha value is -4.35. The van der Waals surface area contributed by atoms with E-state index in [1.807, 2.05) is 33.8 Å². The highest BCUT2D eigenvalue weighted by Gasteiger charge is 2.28. The average Bonchev–Trinajstić information content (AvgIpc) is 3.49. The van der Waals surface area contributed by atoms with Crippen LogP contribution < -0.4 is 5.73 Å². The number of carbonyl (C=O) groups is 1. The number of aromatic nitrogens is 7. The number of nitrogens with zero attached hydrogens (tertiary/aromatic N) is 8. The number of nitrogens with two attached hydrogens (primary N) is 1. The van der Waals surface area contributed by atoms with Gasteiger partial charge in [-0.25, -0.2) is 28.5 Å².